The van der Waals surface area contributed by atoms with Crippen LogP contribution in [0.2, 0.25) is 0 Å². The Kier molecular flexibility index (Phi) is 4.94. The summed E-state index contributed by atoms with van der Waals surface area (Å²) >= 11 is 1.07. The van der Waals surface area contributed by atoms with E-state index in [1.807, 2.05) is 6.07 Å². The van der Waals surface area contributed by atoms with Gasteiger partial charge >= 0.3 is 0 Å². The van der Waals surface area contributed by atoms with E-state index in [9.17, 15) is 8.42 Å². The molecule has 0 aliphatic rings. The summed E-state index contributed by atoms with van der Waals surface area (Å²) in [6.45, 7) is 0. The zero-order chi connectivity index (χ0) is 18.6. The first-order valence-electron chi connectivity index (χ1n) is 7.33. The van der Waals surface area contributed by atoms with Crippen LogP contribution in [0.4, 0.5) is 5.69 Å². The van der Waals surface area contributed by atoms with Gasteiger partial charge in [0.1, 0.15) is 12.1 Å². The molecule has 0 radical (unpaired) electrons. The van der Waals surface area contributed by atoms with Gasteiger partial charge in [0.05, 0.1) is 21.7 Å². The highest BCUT2D eigenvalue weighted by molar-refractivity contribution is 7.92. The molecule has 0 fully saturated rings. The fraction of sp³-hybridized carbons (Fsp3) is 0.0588. The van der Waals surface area contributed by atoms with Crippen molar-refractivity contribution in [3.63, 3.8) is 0 Å². The minimum absolute atomic E-state index is 0.0479. The number of hydrogen-bond acceptors (Lipinski definition) is 8. The number of benzene rings is 2. The zero-order valence-corrected chi connectivity index (χ0v) is 14.9. The van der Waals surface area contributed by atoms with Crippen LogP contribution in [-0.4, -0.2) is 19.1 Å². The predicted octanol–water partition coefficient (Wildman–Crippen LogP) is 3.09. The fourth-order valence-corrected chi connectivity index (χ4v) is 4.84. The molecule has 0 aliphatic heterocycles. The lowest BCUT2D eigenvalue weighted by molar-refractivity contribution is 0.594. The highest BCUT2D eigenvalue weighted by Crippen LogP contribution is 2.29. The SMILES string of the molecule is N#CC(C#N)=NNc1ccc2nc(S(=O)(=O)Cc3ccccc3)sc2c1. The lowest BCUT2D eigenvalue weighted by Gasteiger charge is -2.00. The minimum Gasteiger partial charge on any atom is -0.276 e. The molecule has 2 aromatic carbocycles. The lowest BCUT2D eigenvalue weighted by atomic mass is 10.2. The molecule has 0 saturated carbocycles. The van der Waals surface area contributed by atoms with Crippen LogP contribution < -0.4 is 5.43 Å². The summed E-state index contributed by atoms with van der Waals surface area (Å²) < 4.78 is 25.9. The first-order chi connectivity index (χ1) is 12.5. The minimum atomic E-state index is -3.55. The van der Waals surface area contributed by atoms with Gasteiger partial charge in [0, 0.05) is 0 Å². The molecule has 128 valence electrons. The van der Waals surface area contributed by atoms with Gasteiger partial charge in [-0.15, -0.1) is 11.3 Å². The summed E-state index contributed by atoms with van der Waals surface area (Å²) in [5.41, 5.74) is 4.07. The Bertz CT molecular complexity index is 1150. The number of fused-ring (bicyclic) bond motifs is 1. The first kappa shape index (κ1) is 17.5. The van der Waals surface area contributed by atoms with Gasteiger partial charge in [-0.1, -0.05) is 30.3 Å². The summed E-state index contributed by atoms with van der Waals surface area (Å²) in [5.74, 6) is -0.114. The van der Waals surface area contributed by atoms with E-state index in [1.54, 1.807) is 54.6 Å². The van der Waals surface area contributed by atoms with E-state index in [4.69, 9.17) is 10.5 Å². The smallest absolute Gasteiger partial charge is 0.237 e. The number of rotatable bonds is 5. The van der Waals surface area contributed by atoms with Crippen molar-refractivity contribution >= 4 is 42.8 Å². The molecule has 7 nitrogen and oxygen atoms in total. The van der Waals surface area contributed by atoms with E-state index < -0.39 is 9.84 Å². The Morgan fingerprint density at radius 1 is 1.15 bits per heavy atom. The number of anilines is 1. The van der Waals surface area contributed by atoms with Crippen LogP contribution in [0.15, 0.2) is 58.0 Å². The first-order valence-corrected chi connectivity index (χ1v) is 9.80. The maximum atomic E-state index is 12.6. The molecule has 9 heteroatoms. The molecule has 0 bridgehead atoms. The van der Waals surface area contributed by atoms with Gasteiger partial charge in [-0.3, -0.25) is 5.43 Å². The topological polar surface area (TPSA) is 119 Å². The van der Waals surface area contributed by atoms with Crippen molar-refractivity contribution in [1.29, 1.82) is 10.5 Å². The van der Waals surface area contributed by atoms with E-state index in [0.717, 1.165) is 11.3 Å². The molecule has 0 spiro atoms. The van der Waals surface area contributed by atoms with Crippen molar-refractivity contribution in [1.82, 2.24) is 4.98 Å². The van der Waals surface area contributed by atoms with Crippen LogP contribution in [0, 0.1) is 22.7 Å². The van der Waals surface area contributed by atoms with Crippen LogP contribution in [0.1, 0.15) is 5.56 Å². The molecule has 3 rings (SSSR count). The van der Waals surface area contributed by atoms with Gasteiger partial charge in [-0.05, 0) is 23.8 Å². The molecule has 0 atom stereocenters. The molecular weight excluding hydrogens is 370 g/mol. The Hall–Kier alpha value is -3.27. The third-order valence-corrected chi connectivity index (χ3v) is 6.50. The second kappa shape index (κ2) is 7.31. The van der Waals surface area contributed by atoms with Crippen LogP contribution in [0.25, 0.3) is 10.2 Å². The summed E-state index contributed by atoms with van der Waals surface area (Å²) in [6.07, 6.45) is 0. The lowest BCUT2D eigenvalue weighted by Crippen LogP contribution is -2.04. The predicted molar refractivity (Wildman–Crippen MR) is 99.2 cm³/mol. The molecule has 3 aromatic rings. The van der Waals surface area contributed by atoms with E-state index in [0.29, 0.717) is 21.5 Å². The molecular formula is C17H11N5O2S2. The molecule has 1 aromatic heterocycles. The normalized spacial score (nSPS) is 10.7. The molecule has 0 unspecified atom stereocenters. The molecule has 26 heavy (non-hydrogen) atoms. The van der Waals surface area contributed by atoms with Crippen LogP contribution in [-0.2, 0) is 15.6 Å². The quantitative estimate of drug-likeness (QED) is 0.536. The molecule has 0 aliphatic carbocycles. The van der Waals surface area contributed by atoms with Crippen molar-refractivity contribution in [2.45, 2.75) is 10.1 Å². The fourth-order valence-electron chi connectivity index (χ4n) is 2.16. The summed E-state index contributed by atoms with van der Waals surface area (Å²) in [7, 11) is -3.55. The van der Waals surface area contributed by atoms with Crippen LogP contribution in [0.3, 0.4) is 0 Å². The summed E-state index contributed by atoms with van der Waals surface area (Å²) in [5, 5.41) is 21.0. The monoisotopic (exact) mass is 381 g/mol. The summed E-state index contributed by atoms with van der Waals surface area (Å²) in [4.78, 5) is 4.21. The van der Waals surface area contributed by atoms with Crippen LogP contribution in [0.5, 0.6) is 0 Å². The van der Waals surface area contributed by atoms with Gasteiger partial charge < -0.3 is 0 Å². The van der Waals surface area contributed by atoms with Crippen molar-refractivity contribution < 1.29 is 8.42 Å². The number of nitrogens with one attached hydrogen (secondary N) is 1. The summed E-state index contributed by atoms with van der Waals surface area (Å²) in [6, 6.07) is 17.2. The maximum absolute atomic E-state index is 12.6. The van der Waals surface area contributed by atoms with E-state index in [-0.39, 0.29) is 15.8 Å². The van der Waals surface area contributed by atoms with Gasteiger partial charge in [0.2, 0.25) is 19.9 Å². The van der Waals surface area contributed by atoms with Crippen molar-refractivity contribution in [3.8, 4) is 12.1 Å². The number of hydrogen-bond donors (Lipinski definition) is 1. The van der Waals surface area contributed by atoms with E-state index >= 15 is 0 Å². The third-order valence-electron chi connectivity index (χ3n) is 3.34. The molecule has 1 heterocycles. The molecule has 1 N–H and O–H groups in total. The zero-order valence-electron chi connectivity index (χ0n) is 13.2. The average molecular weight is 381 g/mol. The Balaban J connectivity index is 1.89. The maximum Gasteiger partial charge on any atom is 0.237 e. The van der Waals surface area contributed by atoms with E-state index in [1.165, 1.54) is 0 Å². The number of nitrogens with zero attached hydrogens (tertiary/aromatic N) is 4. The van der Waals surface area contributed by atoms with Gasteiger partial charge in [0.25, 0.3) is 0 Å². The highest BCUT2D eigenvalue weighted by atomic mass is 32.2. The Labute approximate surface area is 153 Å². The van der Waals surface area contributed by atoms with Gasteiger partial charge in [-0.25, -0.2) is 13.4 Å². The molecule has 0 saturated heterocycles. The molecule has 0 amide bonds. The standard InChI is InChI=1S/C17H11N5O2S2/c18-9-14(10-19)22-21-13-6-7-15-16(8-13)25-17(20-15)26(23,24)11-12-4-2-1-3-5-12/h1-8,21H,11H2. The van der Waals surface area contributed by atoms with E-state index in [2.05, 4.69) is 15.5 Å². The van der Waals surface area contributed by atoms with Crippen molar-refractivity contribution in [2.24, 2.45) is 5.10 Å². The number of sulfone groups is 1. The average Bonchev–Trinajstić information content (AvgIpc) is 3.07. The Morgan fingerprint density at radius 3 is 2.58 bits per heavy atom. The van der Waals surface area contributed by atoms with Crippen molar-refractivity contribution in [3.05, 3.63) is 54.1 Å². The number of nitriles is 2. The highest BCUT2D eigenvalue weighted by Gasteiger charge is 2.20. The Morgan fingerprint density at radius 2 is 1.88 bits per heavy atom. The largest absolute Gasteiger partial charge is 0.276 e. The van der Waals surface area contributed by atoms with Crippen molar-refractivity contribution in [2.75, 3.05) is 5.43 Å². The second-order valence-corrected chi connectivity index (χ2v) is 8.40. The third kappa shape index (κ3) is 3.86. The number of thiazole rings is 1. The second-order valence-electron chi connectivity index (χ2n) is 5.20. The van der Waals surface area contributed by atoms with Gasteiger partial charge in [0.15, 0.2) is 0 Å². The number of hydrazone groups is 1. The van der Waals surface area contributed by atoms with Gasteiger partial charge in [-0.2, -0.15) is 15.6 Å². The number of aromatic nitrogens is 1. The van der Waals surface area contributed by atoms with Crippen LogP contribution >= 0.6 is 11.3 Å².